The van der Waals surface area contributed by atoms with Crippen LogP contribution in [0.15, 0.2) is 0 Å². The van der Waals surface area contributed by atoms with E-state index in [4.69, 9.17) is 15.9 Å². The Bertz CT molecular complexity index is 138. The summed E-state index contributed by atoms with van der Waals surface area (Å²) in [5.41, 5.74) is 5.43. The Morgan fingerprint density at radius 1 is 1.50 bits per heavy atom. The molecule has 0 amide bonds. The summed E-state index contributed by atoms with van der Waals surface area (Å²) in [5.74, 6) is -1.24. The van der Waals surface area contributed by atoms with Gasteiger partial charge in [0.2, 0.25) is 0 Å². The molecule has 0 rings (SSSR count). The number of carboxylic acid groups (broad SMARTS) is 1. The van der Waals surface area contributed by atoms with Crippen molar-refractivity contribution in [2.24, 2.45) is 5.73 Å². The topological polar surface area (TPSA) is 83.5 Å². The van der Waals surface area contributed by atoms with Crippen molar-refractivity contribution in [2.75, 3.05) is 0 Å². The minimum Gasteiger partial charge on any atom is -0.479 e. The molecule has 0 aromatic heterocycles. The number of aliphatic hydroxyl groups excluding tert-OH is 1. The number of aliphatic hydroxyl groups is 1. The minimum absolute atomic E-state index is 0.571. The summed E-state index contributed by atoms with van der Waals surface area (Å²) < 4.78 is 0. The summed E-state index contributed by atoms with van der Waals surface area (Å²) in [4.78, 5) is 10.2. The highest BCUT2D eigenvalue weighted by atomic mass is 16.4. The van der Waals surface area contributed by atoms with Crippen LogP contribution in [0, 0.1) is 0 Å². The molecule has 4 nitrogen and oxygen atoms in total. The van der Waals surface area contributed by atoms with Crippen LogP contribution in [0.5, 0.6) is 0 Å². The summed E-state index contributed by atoms with van der Waals surface area (Å²) in [6, 6.07) is -0.631. The van der Waals surface area contributed by atoms with Crippen LogP contribution in [0.1, 0.15) is 32.6 Å². The Balaban J connectivity index is 3.56. The van der Waals surface area contributed by atoms with Gasteiger partial charge in [0.15, 0.2) is 6.10 Å². The van der Waals surface area contributed by atoms with Crippen LogP contribution in [0.25, 0.3) is 0 Å². The van der Waals surface area contributed by atoms with E-state index in [0.717, 1.165) is 19.3 Å². The zero-order chi connectivity index (χ0) is 9.56. The van der Waals surface area contributed by atoms with E-state index in [1.54, 1.807) is 0 Å². The van der Waals surface area contributed by atoms with Crippen LogP contribution in [0.4, 0.5) is 0 Å². The molecule has 0 spiro atoms. The van der Waals surface area contributed by atoms with Gasteiger partial charge in [-0.05, 0) is 6.42 Å². The Kier molecular flexibility index (Phi) is 5.66. The quantitative estimate of drug-likeness (QED) is 0.508. The number of rotatable bonds is 6. The molecule has 4 N–H and O–H groups in total. The van der Waals surface area contributed by atoms with Gasteiger partial charge in [-0.25, -0.2) is 4.79 Å². The smallest absolute Gasteiger partial charge is 0.334 e. The predicted molar refractivity (Wildman–Crippen MR) is 45.8 cm³/mol. The molecule has 0 aliphatic heterocycles. The molecule has 0 aliphatic carbocycles. The fraction of sp³-hybridized carbons (Fsp3) is 0.875. The van der Waals surface area contributed by atoms with E-state index in [-0.39, 0.29) is 0 Å². The first-order chi connectivity index (χ1) is 5.59. The van der Waals surface area contributed by atoms with Gasteiger partial charge in [0.1, 0.15) is 0 Å². The second-order valence-electron chi connectivity index (χ2n) is 2.94. The molecule has 0 bridgehead atoms. The third-order valence-corrected chi connectivity index (χ3v) is 1.80. The van der Waals surface area contributed by atoms with Crippen LogP contribution in [-0.4, -0.2) is 28.3 Å². The molecule has 2 atom stereocenters. The zero-order valence-corrected chi connectivity index (χ0v) is 7.36. The molecule has 0 aliphatic rings. The van der Waals surface area contributed by atoms with Gasteiger partial charge in [-0.3, -0.25) is 0 Å². The molecule has 72 valence electrons. The van der Waals surface area contributed by atoms with Crippen LogP contribution in [0.3, 0.4) is 0 Å². The molecular formula is C8H17NO3. The van der Waals surface area contributed by atoms with Gasteiger partial charge < -0.3 is 15.9 Å². The summed E-state index contributed by atoms with van der Waals surface area (Å²) in [6.07, 6.45) is 2.13. The van der Waals surface area contributed by atoms with Crippen molar-refractivity contribution in [1.82, 2.24) is 0 Å². The second-order valence-corrected chi connectivity index (χ2v) is 2.94. The van der Waals surface area contributed by atoms with Crippen molar-refractivity contribution < 1.29 is 15.0 Å². The van der Waals surface area contributed by atoms with Crippen LogP contribution >= 0.6 is 0 Å². The molecular weight excluding hydrogens is 158 g/mol. The van der Waals surface area contributed by atoms with E-state index < -0.39 is 18.1 Å². The summed E-state index contributed by atoms with van der Waals surface area (Å²) >= 11 is 0. The lowest BCUT2D eigenvalue weighted by atomic mass is 10.0. The molecule has 0 saturated heterocycles. The maximum Gasteiger partial charge on any atom is 0.334 e. The number of nitrogens with two attached hydrogens (primary N) is 1. The van der Waals surface area contributed by atoms with Gasteiger partial charge in [0.25, 0.3) is 0 Å². The predicted octanol–water partition coefficient (Wildman–Crippen LogP) is 0.340. The van der Waals surface area contributed by atoms with Crippen molar-refractivity contribution in [2.45, 2.75) is 44.8 Å². The van der Waals surface area contributed by atoms with Gasteiger partial charge in [-0.2, -0.15) is 0 Å². The van der Waals surface area contributed by atoms with Gasteiger partial charge in [-0.15, -0.1) is 0 Å². The van der Waals surface area contributed by atoms with Crippen molar-refractivity contribution in [3.63, 3.8) is 0 Å². The highest BCUT2D eigenvalue weighted by Crippen LogP contribution is 2.04. The fourth-order valence-electron chi connectivity index (χ4n) is 0.971. The average molecular weight is 175 g/mol. The second kappa shape index (κ2) is 5.97. The molecule has 0 aromatic rings. The fourth-order valence-corrected chi connectivity index (χ4v) is 0.971. The van der Waals surface area contributed by atoms with Crippen molar-refractivity contribution >= 4 is 5.97 Å². The Hall–Kier alpha value is -0.610. The number of aliphatic carboxylic acids is 1. The Labute approximate surface area is 72.4 Å². The summed E-state index contributed by atoms with van der Waals surface area (Å²) in [6.45, 7) is 2.05. The van der Waals surface area contributed by atoms with E-state index in [1.165, 1.54) is 0 Å². The summed E-state index contributed by atoms with van der Waals surface area (Å²) in [5, 5.41) is 17.3. The lowest BCUT2D eigenvalue weighted by Gasteiger charge is -2.13. The van der Waals surface area contributed by atoms with Gasteiger partial charge in [0.05, 0.1) is 0 Å². The monoisotopic (exact) mass is 175 g/mol. The highest BCUT2D eigenvalue weighted by Gasteiger charge is 2.20. The third kappa shape index (κ3) is 4.31. The average Bonchev–Trinajstić information content (AvgIpc) is 2.03. The number of hydrogen-bond donors (Lipinski definition) is 3. The van der Waals surface area contributed by atoms with Crippen LogP contribution in [0.2, 0.25) is 0 Å². The minimum atomic E-state index is -1.41. The van der Waals surface area contributed by atoms with E-state index in [9.17, 15) is 4.79 Å². The largest absolute Gasteiger partial charge is 0.479 e. The van der Waals surface area contributed by atoms with E-state index in [1.807, 2.05) is 0 Å². The van der Waals surface area contributed by atoms with Crippen molar-refractivity contribution in [3.05, 3.63) is 0 Å². The molecule has 0 radical (unpaired) electrons. The number of unbranched alkanes of at least 4 members (excludes halogenated alkanes) is 2. The van der Waals surface area contributed by atoms with Gasteiger partial charge in [-0.1, -0.05) is 26.2 Å². The molecule has 0 unspecified atom stereocenters. The molecule has 0 saturated carbocycles. The van der Waals surface area contributed by atoms with E-state index in [2.05, 4.69) is 6.92 Å². The van der Waals surface area contributed by atoms with Crippen LogP contribution < -0.4 is 5.73 Å². The lowest BCUT2D eigenvalue weighted by molar-refractivity contribution is -0.147. The first-order valence-corrected chi connectivity index (χ1v) is 4.26. The molecule has 12 heavy (non-hydrogen) atoms. The van der Waals surface area contributed by atoms with Gasteiger partial charge in [0, 0.05) is 6.04 Å². The van der Waals surface area contributed by atoms with E-state index in [0.29, 0.717) is 6.42 Å². The number of carbonyl (C=O) groups is 1. The number of carboxylic acids is 1. The standard InChI is InChI=1S/C8H17NO3/c1-2-3-4-5-6(9)7(10)8(11)12/h6-7,10H,2-5,9H2,1H3,(H,11,12)/t6-,7-/m1/s1. The van der Waals surface area contributed by atoms with Crippen LogP contribution in [-0.2, 0) is 4.79 Å². The molecule has 0 aromatic carbocycles. The van der Waals surface area contributed by atoms with Gasteiger partial charge >= 0.3 is 5.97 Å². The SMILES string of the molecule is CCCCC[C@@H](N)[C@@H](O)C(=O)O. The van der Waals surface area contributed by atoms with Crippen molar-refractivity contribution in [3.8, 4) is 0 Å². The zero-order valence-electron chi connectivity index (χ0n) is 7.36. The van der Waals surface area contributed by atoms with E-state index >= 15 is 0 Å². The first kappa shape index (κ1) is 11.4. The molecule has 4 heteroatoms. The summed E-state index contributed by atoms with van der Waals surface area (Å²) in [7, 11) is 0. The third-order valence-electron chi connectivity index (χ3n) is 1.80. The maximum absolute atomic E-state index is 10.2. The highest BCUT2D eigenvalue weighted by molar-refractivity contribution is 5.72. The molecule has 0 fully saturated rings. The lowest BCUT2D eigenvalue weighted by Crippen LogP contribution is -2.40. The Morgan fingerprint density at radius 3 is 2.50 bits per heavy atom. The first-order valence-electron chi connectivity index (χ1n) is 4.26. The maximum atomic E-state index is 10.2. The van der Waals surface area contributed by atoms with Crippen molar-refractivity contribution in [1.29, 1.82) is 0 Å². The number of hydrogen-bond acceptors (Lipinski definition) is 3. The molecule has 0 heterocycles. The normalized spacial score (nSPS) is 15.6. The Morgan fingerprint density at radius 2 is 2.08 bits per heavy atom.